The Hall–Kier alpha value is -12.1. The van der Waals surface area contributed by atoms with Crippen molar-refractivity contribution in [2.75, 3.05) is 0 Å². The van der Waals surface area contributed by atoms with E-state index in [-0.39, 0.29) is 0 Å². The molecule has 468 valence electrons. The summed E-state index contributed by atoms with van der Waals surface area (Å²) in [5.41, 5.74) is 25.8. The van der Waals surface area contributed by atoms with Crippen LogP contribution in [0.5, 0.6) is 0 Å². The van der Waals surface area contributed by atoms with Gasteiger partial charge in [-0.2, -0.15) is 0 Å². The van der Waals surface area contributed by atoms with Gasteiger partial charge in [0.25, 0.3) is 0 Å². The van der Waals surface area contributed by atoms with Gasteiger partial charge in [-0.1, -0.05) is 278 Å². The fourth-order valence-electron chi connectivity index (χ4n) is 18.7. The lowest BCUT2D eigenvalue weighted by atomic mass is 9.67. The topological polar surface area (TPSA) is 35.6 Å². The molecule has 0 radical (unpaired) electrons. The number of fused-ring (bicyclic) bond motifs is 30. The van der Waals surface area contributed by atoms with Crippen molar-refractivity contribution >= 4 is 110 Å². The second-order valence-electron chi connectivity index (χ2n) is 27.8. The first-order valence-corrected chi connectivity index (χ1v) is 36.5. The highest BCUT2D eigenvalue weighted by atomic mass is 32.2. The predicted octanol–water partition coefficient (Wildman–Crippen LogP) is 24.2. The van der Waals surface area contributed by atoms with Crippen LogP contribution < -0.4 is 0 Å². The van der Waals surface area contributed by atoms with Gasteiger partial charge >= 0.3 is 0 Å². The number of hydrogen-bond donors (Lipinski definition) is 0. The fourth-order valence-corrected chi connectivity index (χ4v) is 21.1. The molecule has 2 spiro atoms. The van der Waals surface area contributed by atoms with Gasteiger partial charge in [0, 0.05) is 57.8 Å². The molecule has 101 heavy (non-hydrogen) atoms. The summed E-state index contributed by atoms with van der Waals surface area (Å²) in [4.78, 5) is 16.5. The molecule has 16 aromatic carbocycles. The SMILES string of the molecule is c1ccc2c(c1)Sc1cc3c4c5ccccc5ccc4n(-c4ccc(Cc5ccc6c(ccc7c6c6cc8c(cc6n7-c6nc(-c7ccc9ccccc9c7)c7ccccc7n6)C6(c7ccccc7S8)c7ccccc7-c7ccccc76)c5)cc4)c3cc1C21c2ccccc2-c2ccccc21. The van der Waals surface area contributed by atoms with Gasteiger partial charge < -0.3 is 4.57 Å². The average molecular weight is 1320 g/mol. The first kappa shape index (κ1) is 55.9. The normalized spacial score (nSPS) is 14.1. The van der Waals surface area contributed by atoms with Crippen molar-refractivity contribution in [3.8, 4) is 45.1 Å². The molecule has 3 aromatic heterocycles. The van der Waals surface area contributed by atoms with E-state index in [0.717, 1.165) is 45.3 Å². The van der Waals surface area contributed by atoms with Crippen molar-refractivity contribution in [2.24, 2.45) is 0 Å². The molecule has 2 aliphatic heterocycles. The Labute approximate surface area is 590 Å². The van der Waals surface area contributed by atoms with Crippen molar-refractivity contribution in [3.05, 3.63) is 383 Å². The number of rotatable bonds is 5. The molecular weight excluding hydrogens is 1260 g/mol. The summed E-state index contributed by atoms with van der Waals surface area (Å²) < 4.78 is 4.91. The minimum absolute atomic E-state index is 0.492. The third kappa shape index (κ3) is 7.57. The molecule has 0 bridgehead atoms. The number of benzene rings is 16. The first-order chi connectivity index (χ1) is 50.0. The number of nitrogens with zero attached hydrogens (tertiary/aromatic N) is 4. The number of para-hydroxylation sites is 1. The molecule has 0 atom stereocenters. The van der Waals surface area contributed by atoms with E-state index in [0.29, 0.717) is 5.95 Å². The van der Waals surface area contributed by atoms with Crippen LogP contribution in [0.2, 0.25) is 0 Å². The predicted molar refractivity (Wildman–Crippen MR) is 418 cm³/mol. The Morgan fingerprint density at radius 2 is 0.743 bits per heavy atom. The molecule has 0 saturated heterocycles. The van der Waals surface area contributed by atoms with Gasteiger partial charge in [-0.25, -0.2) is 9.97 Å². The quantitative estimate of drug-likeness (QED) is 0.172. The van der Waals surface area contributed by atoms with Crippen LogP contribution in [0.4, 0.5) is 0 Å². The lowest BCUT2D eigenvalue weighted by Gasteiger charge is -2.39. The highest BCUT2D eigenvalue weighted by Gasteiger charge is 2.52. The maximum absolute atomic E-state index is 5.73. The number of aromatic nitrogens is 4. The van der Waals surface area contributed by atoms with Crippen LogP contribution in [0.25, 0.3) is 132 Å². The molecule has 0 fully saturated rings. The minimum Gasteiger partial charge on any atom is -0.309 e. The summed E-state index contributed by atoms with van der Waals surface area (Å²) in [5.74, 6) is 0.643. The van der Waals surface area contributed by atoms with Gasteiger partial charge in [0.15, 0.2) is 0 Å². The summed E-state index contributed by atoms with van der Waals surface area (Å²) in [6, 6.07) is 123. The second-order valence-corrected chi connectivity index (χ2v) is 29.9. The summed E-state index contributed by atoms with van der Waals surface area (Å²) in [6.45, 7) is 0. The maximum Gasteiger partial charge on any atom is 0.235 e. The molecule has 0 N–H and O–H groups in total. The molecule has 23 rings (SSSR count). The molecule has 5 heterocycles. The Morgan fingerprint density at radius 1 is 0.277 bits per heavy atom. The molecule has 0 unspecified atom stereocenters. The van der Waals surface area contributed by atoms with Crippen molar-refractivity contribution < 1.29 is 0 Å². The van der Waals surface area contributed by atoms with Crippen LogP contribution in [-0.2, 0) is 17.3 Å². The van der Waals surface area contributed by atoms with Gasteiger partial charge in [0.2, 0.25) is 5.95 Å². The standard InChI is InChI=1S/C95H56N4S2/c1-2-21-60-51-62(41-40-58(60)19-1)92-70-27-9-16-34-81(70)96-93(97-92)99-83-48-43-61-50-57(39-46-65(61)91(83)72-53-89-80(55-85(72)99)95(78-33-15-18-36-87(78)101-89)75-30-12-7-25-68(75)69-26-8-13-31-76(69)95)49-56-37-44-63(45-38-56)98-82-47-42-59-20-3-4-22-64(59)90(82)71-52-88-79(54-84(71)98)94(77-32-14-17-35-86(77)100-88)73-28-10-5-23-66(73)67-24-6-11-29-74(67)94/h1-48,50-55H,49H2. The summed E-state index contributed by atoms with van der Waals surface area (Å²) in [5, 5.41) is 13.2. The maximum atomic E-state index is 5.73. The zero-order valence-corrected chi connectivity index (χ0v) is 56.1. The van der Waals surface area contributed by atoms with Crippen molar-refractivity contribution in [1.29, 1.82) is 0 Å². The van der Waals surface area contributed by atoms with Crippen LogP contribution >= 0.6 is 23.5 Å². The van der Waals surface area contributed by atoms with E-state index in [1.165, 1.54) is 162 Å². The minimum atomic E-state index is -0.570. The molecular formula is C95H56N4S2. The monoisotopic (exact) mass is 1320 g/mol. The molecule has 2 aliphatic carbocycles. The highest BCUT2D eigenvalue weighted by molar-refractivity contribution is 7.99. The molecule has 0 amide bonds. The van der Waals surface area contributed by atoms with Crippen LogP contribution in [0, 0.1) is 0 Å². The van der Waals surface area contributed by atoms with E-state index in [4.69, 9.17) is 9.97 Å². The van der Waals surface area contributed by atoms with Crippen molar-refractivity contribution in [1.82, 2.24) is 19.1 Å². The Kier molecular flexibility index (Phi) is 11.5. The zero-order valence-electron chi connectivity index (χ0n) is 54.5. The van der Waals surface area contributed by atoms with Gasteiger partial charge in [-0.15, -0.1) is 0 Å². The second kappa shape index (κ2) is 20.8. The first-order valence-electron chi connectivity index (χ1n) is 34.9. The van der Waals surface area contributed by atoms with Gasteiger partial charge in [-0.3, -0.25) is 4.57 Å². The van der Waals surface area contributed by atoms with Crippen LogP contribution in [0.15, 0.2) is 347 Å². The lowest BCUT2D eigenvalue weighted by Crippen LogP contribution is -2.32. The molecule has 4 aliphatic rings. The summed E-state index contributed by atoms with van der Waals surface area (Å²) in [6.07, 6.45) is 0.774. The highest BCUT2D eigenvalue weighted by Crippen LogP contribution is 2.65. The molecule has 6 heteroatoms. The lowest BCUT2D eigenvalue weighted by molar-refractivity contribution is 0.723. The average Bonchev–Trinajstić information content (AvgIpc) is 1.47. The molecule has 4 nitrogen and oxygen atoms in total. The Balaban J connectivity index is 0.694. The van der Waals surface area contributed by atoms with Crippen molar-refractivity contribution in [2.45, 2.75) is 36.8 Å². The summed E-state index contributed by atoms with van der Waals surface area (Å²) in [7, 11) is 0. The zero-order chi connectivity index (χ0) is 65.8. The Morgan fingerprint density at radius 3 is 1.36 bits per heavy atom. The largest absolute Gasteiger partial charge is 0.309 e. The molecule has 0 saturated carbocycles. The fraction of sp³-hybridized carbons (Fsp3) is 0.0316. The van der Waals surface area contributed by atoms with Crippen LogP contribution in [-0.4, -0.2) is 19.1 Å². The number of hydrogen-bond acceptors (Lipinski definition) is 4. The summed E-state index contributed by atoms with van der Waals surface area (Å²) >= 11 is 3.81. The van der Waals surface area contributed by atoms with Crippen molar-refractivity contribution in [3.63, 3.8) is 0 Å². The van der Waals surface area contributed by atoms with Gasteiger partial charge in [-0.05, 0) is 189 Å². The van der Waals surface area contributed by atoms with Crippen LogP contribution in [0.1, 0.15) is 55.6 Å². The van der Waals surface area contributed by atoms with E-state index in [1.807, 2.05) is 23.5 Å². The van der Waals surface area contributed by atoms with E-state index in [9.17, 15) is 0 Å². The van der Waals surface area contributed by atoms with Crippen LogP contribution in [0.3, 0.4) is 0 Å². The third-order valence-corrected chi connectivity index (χ3v) is 25.1. The van der Waals surface area contributed by atoms with E-state index in [2.05, 4.69) is 337 Å². The third-order valence-electron chi connectivity index (χ3n) is 22.8. The van der Waals surface area contributed by atoms with Gasteiger partial charge in [0.1, 0.15) is 0 Å². The van der Waals surface area contributed by atoms with Gasteiger partial charge in [0.05, 0.1) is 44.1 Å². The van der Waals surface area contributed by atoms with E-state index >= 15 is 0 Å². The van der Waals surface area contributed by atoms with E-state index in [1.54, 1.807) is 0 Å². The Bertz CT molecular complexity index is 6800. The molecule has 19 aromatic rings. The van der Waals surface area contributed by atoms with E-state index < -0.39 is 10.8 Å². The smallest absolute Gasteiger partial charge is 0.235 e.